The van der Waals surface area contributed by atoms with Crippen LogP contribution in [0.1, 0.15) is 5.56 Å². The summed E-state index contributed by atoms with van der Waals surface area (Å²) >= 11 is 0. The number of rotatable bonds is 1. The van der Waals surface area contributed by atoms with Crippen molar-refractivity contribution in [2.75, 3.05) is 7.11 Å². The third kappa shape index (κ3) is 1.13. The lowest BCUT2D eigenvalue weighted by molar-refractivity contribution is 0.412. The second-order valence-electron chi connectivity index (χ2n) is 3.04. The van der Waals surface area contributed by atoms with E-state index in [9.17, 15) is 5.11 Å². The molecule has 0 amide bonds. The van der Waals surface area contributed by atoms with Crippen molar-refractivity contribution < 1.29 is 9.84 Å². The molecule has 0 aliphatic heterocycles. The first-order chi connectivity index (χ1) is 6.22. The van der Waals surface area contributed by atoms with Gasteiger partial charge in [0, 0.05) is 17.6 Å². The zero-order valence-corrected chi connectivity index (χ0v) is 7.59. The smallest absolute Gasteiger partial charge is 0.146 e. The average Bonchev–Trinajstić information content (AvgIpc) is 2.47. The van der Waals surface area contributed by atoms with E-state index in [0.29, 0.717) is 5.75 Å². The number of aromatic nitrogens is 1. The van der Waals surface area contributed by atoms with Gasteiger partial charge in [0.15, 0.2) is 0 Å². The topological polar surface area (TPSA) is 45.2 Å². The number of benzene rings is 1. The number of hydrogen-bond donors (Lipinski definition) is 2. The van der Waals surface area contributed by atoms with Crippen molar-refractivity contribution in [2.24, 2.45) is 0 Å². The first kappa shape index (κ1) is 7.98. The molecule has 2 aromatic rings. The Bertz CT molecular complexity index is 445. The summed E-state index contributed by atoms with van der Waals surface area (Å²) < 4.78 is 5.13. The highest BCUT2D eigenvalue weighted by Crippen LogP contribution is 2.31. The maximum absolute atomic E-state index is 9.39. The van der Waals surface area contributed by atoms with Crippen LogP contribution in [0.3, 0.4) is 0 Å². The van der Waals surface area contributed by atoms with Gasteiger partial charge in [-0.3, -0.25) is 0 Å². The third-order valence-corrected chi connectivity index (χ3v) is 2.16. The number of methoxy groups -OCH3 is 1. The second-order valence-corrected chi connectivity index (χ2v) is 3.04. The zero-order chi connectivity index (χ0) is 9.42. The second kappa shape index (κ2) is 2.69. The fourth-order valence-corrected chi connectivity index (χ4v) is 1.48. The molecule has 68 valence electrons. The van der Waals surface area contributed by atoms with E-state index in [1.807, 2.05) is 13.1 Å². The van der Waals surface area contributed by atoms with Crippen molar-refractivity contribution in [2.45, 2.75) is 6.92 Å². The normalized spacial score (nSPS) is 10.6. The molecule has 0 aliphatic rings. The van der Waals surface area contributed by atoms with Gasteiger partial charge in [0.25, 0.3) is 0 Å². The number of hydrogen-bond acceptors (Lipinski definition) is 2. The van der Waals surface area contributed by atoms with Crippen LogP contribution >= 0.6 is 0 Å². The summed E-state index contributed by atoms with van der Waals surface area (Å²) in [4.78, 5) is 3.10. The van der Waals surface area contributed by atoms with Crippen LogP contribution in [0.5, 0.6) is 11.5 Å². The van der Waals surface area contributed by atoms with Crippen LogP contribution in [-0.4, -0.2) is 17.2 Å². The van der Waals surface area contributed by atoms with Crippen LogP contribution in [0.2, 0.25) is 0 Å². The number of phenols is 1. The number of phenolic OH excluding ortho intramolecular Hbond substituents is 1. The monoisotopic (exact) mass is 177 g/mol. The molecule has 13 heavy (non-hydrogen) atoms. The summed E-state index contributed by atoms with van der Waals surface area (Å²) in [6.45, 7) is 1.98. The molecular formula is C10H11NO2. The Hall–Kier alpha value is -1.64. The van der Waals surface area contributed by atoms with Gasteiger partial charge >= 0.3 is 0 Å². The van der Waals surface area contributed by atoms with Crippen LogP contribution in [0.4, 0.5) is 0 Å². The number of aryl methyl sites for hydroxylation is 1. The molecule has 2 N–H and O–H groups in total. The number of aromatic amines is 1. The van der Waals surface area contributed by atoms with Crippen LogP contribution in [-0.2, 0) is 0 Å². The standard InChI is InChI=1S/C10H11NO2/c1-6-5-11-10-8(6)3-7(12)4-9(10)13-2/h3-5,11-12H,1-2H3. The summed E-state index contributed by atoms with van der Waals surface area (Å²) in [5.74, 6) is 0.898. The predicted molar refractivity (Wildman–Crippen MR) is 51.3 cm³/mol. The molecule has 0 radical (unpaired) electrons. The van der Waals surface area contributed by atoms with Crippen molar-refractivity contribution in [1.29, 1.82) is 0 Å². The van der Waals surface area contributed by atoms with E-state index in [1.54, 1.807) is 19.2 Å². The first-order valence-electron chi connectivity index (χ1n) is 4.07. The molecule has 0 bridgehead atoms. The van der Waals surface area contributed by atoms with E-state index in [0.717, 1.165) is 16.5 Å². The number of H-pyrrole nitrogens is 1. The molecule has 0 unspecified atom stereocenters. The van der Waals surface area contributed by atoms with E-state index >= 15 is 0 Å². The van der Waals surface area contributed by atoms with Crippen molar-refractivity contribution in [3.05, 3.63) is 23.9 Å². The highest BCUT2D eigenvalue weighted by molar-refractivity contribution is 5.89. The van der Waals surface area contributed by atoms with Gasteiger partial charge in [-0.1, -0.05) is 0 Å². The van der Waals surface area contributed by atoms with E-state index < -0.39 is 0 Å². The summed E-state index contributed by atoms with van der Waals surface area (Å²) in [7, 11) is 1.59. The molecule has 0 saturated carbocycles. The SMILES string of the molecule is COc1cc(O)cc2c(C)c[nH]c12. The Kier molecular flexibility index (Phi) is 1.65. The number of fused-ring (bicyclic) bond motifs is 1. The molecule has 1 aromatic heterocycles. The van der Waals surface area contributed by atoms with Gasteiger partial charge in [0.05, 0.1) is 12.6 Å². The minimum Gasteiger partial charge on any atom is -0.508 e. The zero-order valence-electron chi connectivity index (χ0n) is 7.59. The molecule has 1 heterocycles. The highest BCUT2D eigenvalue weighted by Gasteiger charge is 2.06. The molecule has 1 aromatic carbocycles. The first-order valence-corrected chi connectivity index (χ1v) is 4.07. The quantitative estimate of drug-likeness (QED) is 0.701. The lowest BCUT2D eigenvalue weighted by Crippen LogP contribution is -1.83. The molecule has 0 spiro atoms. The van der Waals surface area contributed by atoms with Gasteiger partial charge in [-0.25, -0.2) is 0 Å². The van der Waals surface area contributed by atoms with E-state index in [1.165, 1.54) is 0 Å². The van der Waals surface area contributed by atoms with Gasteiger partial charge in [0.2, 0.25) is 0 Å². The Morgan fingerprint density at radius 3 is 2.85 bits per heavy atom. The fraction of sp³-hybridized carbons (Fsp3) is 0.200. The average molecular weight is 177 g/mol. The molecule has 2 rings (SSSR count). The van der Waals surface area contributed by atoms with Crippen LogP contribution < -0.4 is 4.74 Å². The molecule has 0 fully saturated rings. The van der Waals surface area contributed by atoms with Crippen molar-refractivity contribution >= 4 is 10.9 Å². The van der Waals surface area contributed by atoms with Crippen LogP contribution in [0, 0.1) is 6.92 Å². The Balaban J connectivity index is 2.84. The lowest BCUT2D eigenvalue weighted by atomic mass is 10.2. The van der Waals surface area contributed by atoms with Crippen molar-refractivity contribution in [1.82, 2.24) is 4.98 Å². The van der Waals surface area contributed by atoms with Gasteiger partial charge in [-0.05, 0) is 18.6 Å². The van der Waals surface area contributed by atoms with Crippen LogP contribution in [0.25, 0.3) is 10.9 Å². The minimum atomic E-state index is 0.229. The van der Waals surface area contributed by atoms with Gasteiger partial charge in [0.1, 0.15) is 11.5 Å². The minimum absolute atomic E-state index is 0.229. The Morgan fingerprint density at radius 1 is 1.38 bits per heavy atom. The van der Waals surface area contributed by atoms with Gasteiger partial charge in [-0.15, -0.1) is 0 Å². The number of aromatic hydroxyl groups is 1. The van der Waals surface area contributed by atoms with Crippen molar-refractivity contribution in [3.8, 4) is 11.5 Å². The maximum Gasteiger partial charge on any atom is 0.146 e. The molecule has 3 nitrogen and oxygen atoms in total. The summed E-state index contributed by atoms with van der Waals surface area (Å²) in [6, 6.07) is 3.32. The summed E-state index contributed by atoms with van der Waals surface area (Å²) in [6.07, 6.45) is 1.90. The fourth-order valence-electron chi connectivity index (χ4n) is 1.48. The maximum atomic E-state index is 9.39. The number of ether oxygens (including phenoxy) is 1. The summed E-state index contributed by atoms with van der Waals surface area (Å²) in [5.41, 5.74) is 2.03. The number of nitrogens with one attached hydrogen (secondary N) is 1. The largest absolute Gasteiger partial charge is 0.508 e. The van der Waals surface area contributed by atoms with E-state index in [-0.39, 0.29) is 5.75 Å². The van der Waals surface area contributed by atoms with Crippen molar-refractivity contribution in [3.63, 3.8) is 0 Å². The van der Waals surface area contributed by atoms with Gasteiger partial charge in [-0.2, -0.15) is 0 Å². The lowest BCUT2D eigenvalue weighted by Gasteiger charge is -2.02. The Morgan fingerprint density at radius 2 is 2.15 bits per heavy atom. The van der Waals surface area contributed by atoms with E-state index in [2.05, 4.69) is 4.98 Å². The molecular weight excluding hydrogens is 166 g/mol. The predicted octanol–water partition coefficient (Wildman–Crippen LogP) is 2.19. The van der Waals surface area contributed by atoms with E-state index in [4.69, 9.17) is 4.74 Å². The molecule has 0 atom stereocenters. The molecule has 0 aliphatic carbocycles. The molecule has 0 saturated heterocycles. The molecule has 3 heteroatoms. The summed E-state index contributed by atoms with van der Waals surface area (Å²) in [5, 5.41) is 10.4. The Labute approximate surface area is 76.0 Å². The third-order valence-electron chi connectivity index (χ3n) is 2.16. The highest BCUT2D eigenvalue weighted by atomic mass is 16.5. The van der Waals surface area contributed by atoms with Crippen LogP contribution in [0.15, 0.2) is 18.3 Å². The van der Waals surface area contributed by atoms with Gasteiger partial charge < -0.3 is 14.8 Å².